The minimum atomic E-state index is -0.847. The van der Waals surface area contributed by atoms with Crippen LogP contribution >= 0.6 is 0 Å². The van der Waals surface area contributed by atoms with E-state index in [9.17, 15) is 0 Å². The molecule has 108 valence electrons. The van der Waals surface area contributed by atoms with Gasteiger partial charge >= 0.3 is 0 Å². The van der Waals surface area contributed by atoms with E-state index in [1.807, 2.05) is 0 Å². The molecule has 0 spiro atoms. The molecule has 1 fully saturated rings. The molecule has 18 heavy (non-hydrogen) atoms. The van der Waals surface area contributed by atoms with E-state index in [0.29, 0.717) is 0 Å². The van der Waals surface area contributed by atoms with Crippen LogP contribution in [0.3, 0.4) is 0 Å². The minimum absolute atomic E-state index is 0.847. The molecule has 0 aromatic heterocycles. The van der Waals surface area contributed by atoms with Crippen LogP contribution in [-0.4, -0.2) is 24.2 Å². The Balaban J connectivity index is 2.63. The number of hydrogen-bond donors (Lipinski definition) is 0. The van der Waals surface area contributed by atoms with Crippen LogP contribution in [0.5, 0.6) is 0 Å². The lowest BCUT2D eigenvalue weighted by Gasteiger charge is -2.31. The second-order valence-corrected chi connectivity index (χ2v) is 25.0. The van der Waals surface area contributed by atoms with E-state index in [0.717, 1.165) is 0 Å². The predicted octanol–water partition coefficient (Wildman–Crippen LogP) is 6.30. The largest absolute Gasteiger partial charge is 0.0693 e. The third-order valence-corrected chi connectivity index (χ3v) is 15.4. The summed E-state index contributed by atoms with van der Waals surface area (Å²) in [5, 5.41) is 0. The first-order valence-corrected chi connectivity index (χ1v) is 18.4. The summed E-state index contributed by atoms with van der Waals surface area (Å²) in [6, 6.07) is 9.62. The van der Waals surface area contributed by atoms with Crippen LogP contribution in [0.15, 0.2) is 0 Å². The Labute approximate surface area is 119 Å². The zero-order valence-electron chi connectivity index (χ0n) is 13.9. The van der Waals surface area contributed by atoms with E-state index in [4.69, 9.17) is 0 Å². The van der Waals surface area contributed by atoms with Gasteiger partial charge in [-0.2, -0.15) is 0 Å². The van der Waals surface area contributed by atoms with Crippen molar-refractivity contribution < 1.29 is 0 Å². The maximum absolute atomic E-state index is 2.64. The van der Waals surface area contributed by atoms with Gasteiger partial charge in [-0.15, -0.1) is 0 Å². The smallest absolute Gasteiger partial charge is 0.0473 e. The molecular formula is C15H36Si3. The van der Waals surface area contributed by atoms with Gasteiger partial charge in [0.2, 0.25) is 0 Å². The highest BCUT2D eigenvalue weighted by Crippen LogP contribution is 2.32. The molecule has 1 heterocycles. The Morgan fingerprint density at radius 1 is 0.389 bits per heavy atom. The summed E-state index contributed by atoms with van der Waals surface area (Å²) in [5.74, 6) is 0. The molecule has 0 radical (unpaired) electrons. The minimum Gasteiger partial charge on any atom is -0.0693 e. The molecule has 0 saturated carbocycles. The second kappa shape index (κ2) is 6.40. The van der Waals surface area contributed by atoms with E-state index in [-0.39, 0.29) is 0 Å². The van der Waals surface area contributed by atoms with Gasteiger partial charge in [0.05, 0.1) is 0 Å². The molecule has 0 bridgehead atoms. The summed E-state index contributed by atoms with van der Waals surface area (Å²) in [4.78, 5) is 0. The van der Waals surface area contributed by atoms with Gasteiger partial charge in [0.1, 0.15) is 0 Å². The third-order valence-electron chi connectivity index (χ3n) is 5.12. The molecule has 0 atom stereocenters. The Morgan fingerprint density at radius 2 is 0.556 bits per heavy atom. The molecule has 0 unspecified atom stereocenters. The van der Waals surface area contributed by atoms with E-state index >= 15 is 0 Å². The molecule has 0 nitrogen and oxygen atoms in total. The topological polar surface area (TPSA) is 0 Å². The van der Waals surface area contributed by atoms with Crippen LogP contribution in [0.2, 0.25) is 75.5 Å². The summed E-state index contributed by atoms with van der Waals surface area (Å²) >= 11 is 0. The van der Waals surface area contributed by atoms with Crippen LogP contribution in [0.25, 0.3) is 0 Å². The lowest BCUT2D eigenvalue weighted by atomic mass is 10.5. The van der Waals surface area contributed by atoms with Crippen molar-refractivity contribution in [2.45, 2.75) is 94.8 Å². The monoisotopic (exact) mass is 300 g/mol. The van der Waals surface area contributed by atoms with Crippen molar-refractivity contribution in [3.05, 3.63) is 0 Å². The van der Waals surface area contributed by atoms with Gasteiger partial charge in [-0.05, 0) is 0 Å². The van der Waals surface area contributed by atoms with Crippen molar-refractivity contribution in [3.63, 3.8) is 0 Å². The number of rotatable bonds is 0. The zero-order valence-corrected chi connectivity index (χ0v) is 16.9. The Morgan fingerprint density at radius 3 is 0.722 bits per heavy atom. The molecule has 0 N–H and O–H groups in total. The van der Waals surface area contributed by atoms with Gasteiger partial charge in [-0.25, -0.2) is 0 Å². The van der Waals surface area contributed by atoms with Gasteiger partial charge in [-0.1, -0.05) is 94.8 Å². The first kappa shape index (κ1) is 16.7. The second-order valence-electron chi connectivity index (χ2n) is 9.05. The summed E-state index contributed by atoms with van der Waals surface area (Å²) < 4.78 is 0. The zero-order chi connectivity index (χ0) is 13.9. The molecule has 0 aromatic carbocycles. The highest BCUT2D eigenvalue weighted by atomic mass is 28.3. The fraction of sp³-hybridized carbons (Fsp3) is 1.00. The first-order valence-electron chi connectivity index (χ1n) is 8.12. The lowest BCUT2D eigenvalue weighted by Crippen LogP contribution is -2.32. The van der Waals surface area contributed by atoms with Crippen LogP contribution < -0.4 is 0 Å². The average molecular weight is 301 g/mol. The summed E-state index contributed by atoms with van der Waals surface area (Å²) in [6.45, 7) is 15.8. The molecule has 0 aliphatic carbocycles. The van der Waals surface area contributed by atoms with Crippen molar-refractivity contribution in [3.8, 4) is 0 Å². The van der Waals surface area contributed by atoms with Crippen molar-refractivity contribution in [1.82, 2.24) is 0 Å². The van der Waals surface area contributed by atoms with E-state index < -0.39 is 24.2 Å². The van der Waals surface area contributed by atoms with Crippen molar-refractivity contribution >= 4 is 24.2 Å². The van der Waals surface area contributed by atoms with E-state index in [1.54, 1.807) is 55.5 Å². The standard InChI is InChI=1S/C15H36Si3/c1-16(2)10-7-12-17(3,4)14-9-15-18(5,6)13-8-11-16/h7-15H2,1-6H3. The Kier molecular flexibility index (Phi) is 5.94. The SMILES string of the molecule is C[Si]1(C)CCC[Si](C)(C)CCC[Si](C)(C)CCC1. The molecule has 1 rings (SSSR count). The van der Waals surface area contributed by atoms with Gasteiger partial charge < -0.3 is 0 Å². The molecule has 1 saturated heterocycles. The average Bonchev–Trinajstić information content (AvgIpc) is 2.13. The molecule has 1 aliphatic rings. The maximum atomic E-state index is 2.64. The summed E-state index contributed by atoms with van der Waals surface area (Å²) in [6.07, 6.45) is 4.66. The summed E-state index contributed by atoms with van der Waals surface area (Å²) in [5.41, 5.74) is 0. The Hall–Kier alpha value is 0.651. The maximum Gasteiger partial charge on any atom is 0.0473 e. The quantitative estimate of drug-likeness (QED) is 0.461. The predicted molar refractivity (Wildman–Crippen MR) is 95.1 cm³/mol. The summed E-state index contributed by atoms with van der Waals surface area (Å²) in [7, 11) is -2.54. The van der Waals surface area contributed by atoms with Crippen molar-refractivity contribution in [2.75, 3.05) is 0 Å². The lowest BCUT2D eigenvalue weighted by molar-refractivity contribution is 0.907. The molecular weight excluding hydrogens is 264 g/mol. The highest BCUT2D eigenvalue weighted by molar-refractivity contribution is 6.80. The number of hydrogen-bond acceptors (Lipinski definition) is 0. The van der Waals surface area contributed by atoms with E-state index in [2.05, 4.69) is 39.3 Å². The normalized spacial score (nSPS) is 29.0. The van der Waals surface area contributed by atoms with Crippen LogP contribution in [-0.2, 0) is 0 Å². The van der Waals surface area contributed by atoms with Gasteiger partial charge in [0.25, 0.3) is 0 Å². The van der Waals surface area contributed by atoms with Crippen LogP contribution in [0.1, 0.15) is 19.3 Å². The van der Waals surface area contributed by atoms with Crippen molar-refractivity contribution in [1.29, 1.82) is 0 Å². The van der Waals surface area contributed by atoms with Gasteiger partial charge in [0, 0.05) is 24.2 Å². The molecule has 3 heteroatoms. The molecule has 0 aromatic rings. The van der Waals surface area contributed by atoms with Gasteiger partial charge in [0.15, 0.2) is 0 Å². The van der Waals surface area contributed by atoms with Crippen LogP contribution in [0.4, 0.5) is 0 Å². The molecule has 1 aliphatic heterocycles. The van der Waals surface area contributed by atoms with Gasteiger partial charge in [-0.3, -0.25) is 0 Å². The van der Waals surface area contributed by atoms with Crippen LogP contribution in [0, 0.1) is 0 Å². The third kappa shape index (κ3) is 6.71. The fourth-order valence-corrected chi connectivity index (χ4v) is 12.1. The molecule has 0 amide bonds. The van der Waals surface area contributed by atoms with E-state index in [1.165, 1.54) is 0 Å². The fourth-order valence-electron chi connectivity index (χ4n) is 3.51. The van der Waals surface area contributed by atoms with Crippen molar-refractivity contribution in [2.24, 2.45) is 0 Å². The first-order chi connectivity index (χ1) is 8.12. The highest BCUT2D eigenvalue weighted by Gasteiger charge is 2.28. The Bertz CT molecular complexity index is 196.